The molecule has 0 heterocycles. The van der Waals surface area contributed by atoms with E-state index in [-0.39, 0.29) is 23.7 Å². The van der Waals surface area contributed by atoms with Crippen LogP contribution in [0.1, 0.15) is 23.7 Å². The molecule has 5 nitrogen and oxygen atoms in total. The number of anilines is 1. The first-order valence-corrected chi connectivity index (χ1v) is 5.58. The Labute approximate surface area is 104 Å². The van der Waals surface area contributed by atoms with Crippen LogP contribution in [0.3, 0.4) is 0 Å². The smallest absolute Gasteiger partial charge is 0.337 e. The van der Waals surface area contributed by atoms with Crippen LogP contribution in [0.15, 0.2) is 18.2 Å². The van der Waals surface area contributed by atoms with Crippen LogP contribution in [0.4, 0.5) is 10.1 Å². The van der Waals surface area contributed by atoms with Crippen molar-refractivity contribution >= 4 is 17.6 Å². The van der Waals surface area contributed by atoms with Gasteiger partial charge in [-0.2, -0.15) is 0 Å². The molecule has 18 heavy (non-hydrogen) atoms. The highest BCUT2D eigenvalue weighted by Crippen LogP contribution is 2.16. The number of nitrogens with one attached hydrogen (secondary N) is 2. The minimum Gasteiger partial charge on any atom is -0.478 e. The van der Waals surface area contributed by atoms with Crippen molar-refractivity contribution in [2.75, 3.05) is 18.4 Å². The SMILES string of the molecule is CCCNCC(=O)Nc1ccc(F)cc1C(=O)O. The highest BCUT2D eigenvalue weighted by atomic mass is 19.1. The van der Waals surface area contributed by atoms with Gasteiger partial charge in [0.25, 0.3) is 0 Å². The number of halogens is 1. The summed E-state index contributed by atoms with van der Waals surface area (Å²) in [5.41, 5.74) is -0.175. The van der Waals surface area contributed by atoms with E-state index in [1.54, 1.807) is 0 Å². The third-order valence-electron chi connectivity index (χ3n) is 2.20. The van der Waals surface area contributed by atoms with E-state index in [0.717, 1.165) is 18.6 Å². The van der Waals surface area contributed by atoms with Crippen LogP contribution in [0.25, 0.3) is 0 Å². The van der Waals surface area contributed by atoms with Crippen LogP contribution in [0.5, 0.6) is 0 Å². The first-order chi connectivity index (χ1) is 8.54. The Bertz CT molecular complexity index is 449. The van der Waals surface area contributed by atoms with E-state index in [1.807, 2.05) is 6.92 Å². The fourth-order valence-electron chi connectivity index (χ4n) is 1.38. The maximum absolute atomic E-state index is 12.9. The maximum Gasteiger partial charge on any atom is 0.337 e. The van der Waals surface area contributed by atoms with Crippen molar-refractivity contribution in [3.05, 3.63) is 29.6 Å². The lowest BCUT2D eigenvalue weighted by molar-refractivity contribution is -0.115. The molecule has 0 fully saturated rings. The van der Waals surface area contributed by atoms with Crippen LogP contribution in [-0.4, -0.2) is 30.1 Å². The van der Waals surface area contributed by atoms with E-state index in [4.69, 9.17) is 5.11 Å². The summed E-state index contributed by atoms with van der Waals surface area (Å²) in [6.07, 6.45) is 0.893. The van der Waals surface area contributed by atoms with E-state index in [9.17, 15) is 14.0 Å². The molecule has 0 spiro atoms. The van der Waals surface area contributed by atoms with E-state index < -0.39 is 11.8 Å². The molecule has 1 rings (SSSR count). The number of carbonyl (C=O) groups excluding carboxylic acids is 1. The topological polar surface area (TPSA) is 78.4 Å². The number of hydrogen-bond donors (Lipinski definition) is 3. The molecule has 1 aromatic carbocycles. The summed E-state index contributed by atoms with van der Waals surface area (Å²) in [6, 6.07) is 3.20. The lowest BCUT2D eigenvalue weighted by atomic mass is 10.1. The fraction of sp³-hybridized carbons (Fsp3) is 0.333. The predicted octanol–water partition coefficient (Wildman–Crippen LogP) is 1.46. The van der Waals surface area contributed by atoms with Gasteiger partial charge in [0.1, 0.15) is 5.82 Å². The third kappa shape index (κ3) is 4.14. The van der Waals surface area contributed by atoms with E-state index in [1.165, 1.54) is 6.07 Å². The quantitative estimate of drug-likeness (QED) is 0.672. The largest absolute Gasteiger partial charge is 0.478 e. The normalized spacial score (nSPS) is 10.1. The molecular weight excluding hydrogens is 239 g/mol. The molecule has 0 unspecified atom stereocenters. The van der Waals surface area contributed by atoms with E-state index in [0.29, 0.717) is 6.54 Å². The van der Waals surface area contributed by atoms with Crippen LogP contribution >= 0.6 is 0 Å². The molecule has 0 aliphatic heterocycles. The van der Waals surface area contributed by atoms with Gasteiger partial charge in [-0.1, -0.05) is 6.92 Å². The lowest BCUT2D eigenvalue weighted by Gasteiger charge is -2.09. The molecule has 1 amide bonds. The number of benzene rings is 1. The molecule has 0 atom stereocenters. The zero-order valence-electron chi connectivity index (χ0n) is 10.00. The molecule has 0 aliphatic rings. The number of hydrogen-bond acceptors (Lipinski definition) is 3. The van der Waals surface area contributed by atoms with Gasteiger partial charge in [0.15, 0.2) is 0 Å². The van der Waals surface area contributed by atoms with Gasteiger partial charge in [-0.15, -0.1) is 0 Å². The number of carboxylic acids is 1. The Hall–Kier alpha value is -1.95. The summed E-state index contributed by atoms with van der Waals surface area (Å²) >= 11 is 0. The number of rotatable bonds is 6. The predicted molar refractivity (Wildman–Crippen MR) is 65.1 cm³/mol. The van der Waals surface area contributed by atoms with Crippen LogP contribution in [0, 0.1) is 5.82 Å². The monoisotopic (exact) mass is 254 g/mol. The van der Waals surface area contributed by atoms with Crippen molar-refractivity contribution in [3.63, 3.8) is 0 Å². The summed E-state index contributed by atoms with van der Waals surface area (Å²) in [7, 11) is 0. The van der Waals surface area contributed by atoms with E-state index in [2.05, 4.69) is 10.6 Å². The third-order valence-corrected chi connectivity index (χ3v) is 2.20. The molecule has 0 bridgehead atoms. The van der Waals surface area contributed by atoms with Crippen molar-refractivity contribution in [1.82, 2.24) is 5.32 Å². The summed E-state index contributed by atoms with van der Waals surface area (Å²) < 4.78 is 12.9. The molecule has 0 aromatic heterocycles. The Kier molecular flexibility index (Phi) is 5.26. The standard InChI is InChI=1S/C12H15FN2O3/c1-2-5-14-7-11(16)15-10-4-3-8(13)6-9(10)12(17)18/h3-4,6,14H,2,5,7H2,1H3,(H,15,16)(H,17,18). The van der Waals surface area contributed by atoms with Gasteiger partial charge >= 0.3 is 5.97 Å². The van der Waals surface area contributed by atoms with Crippen molar-refractivity contribution in [2.24, 2.45) is 0 Å². The first-order valence-electron chi connectivity index (χ1n) is 5.58. The zero-order valence-corrected chi connectivity index (χ0v) is 10.00. The van der Waals surface area contributed by atoms with Gasteiger partial charge in [0.05, 0.1) is 17.8 Å². The van der Waals surface area contributed by atoms with Gasteiger partial charge in [-0.05, 0) is 31.2 Å². The minimum atomic E-state index is -1.29. The van der Waals surface area contributed by atoms with Crippen molar-refractivity contribution in [2.45, 2.75) is 13.3 Å². The summed E-state index contributed by atoms with van der Waals surface area (Å²) in [5, 5.41) is 14.2. The minimum absolute atomic E-state index is 0.0876. The fourth-order valence-corrected chi connectivity index (χ4v) is 1.38. The summed E-state index contributed by atoms with van der Waals surface area (Å²) in [4.78, 5) is 22.4. The Morgan fingerprint density at radius 1 is 1.39 bits per heavy atom. The zero-order chi connectivity index (χ0) is 13.5. The second-order valence-electron chi connectivity index (χ2n) is 3.72. The molecular formula is C12H15FN2O3. The number of carbonyl (C=O) groups is 2. The average Bonchev–Trinajstić information content (AvgIpc) is 2.31. The van der Waals surface area contributed by atoms with Gasteiger partial charge in [-0.25, -0.2) is 9.18 Å². The molecule has 0 saturated heterocycles. The summed E-state index contributed by atoms with van der Waals surface area (Å²) in [6.45, 7) is 2.75. The second kappa shape index (κ2) is 6.70. The van der Waals surface area contributed by atoms with Gasteiger partial charge in [0, 0.05) is 0 Å². The lowest BCUT2D eigenvalue weighted by Crippen LogP contribution is -2.29. The Morgan fingerprint density at radius 2 is 2.11 bits per heavy atom. The van der Waals surface area contributed by atoms with Crippen molar-refractivity contribution < 1.29 is 19.1 Å². The summed E-state index contributed by atoms with van der Waals surface area (Å²) in [5.74, 6) is -2.31. The highest BCUT2D eigenvalue weighted by Gasteiger charge is 2.13. The van der Waals surface area contributed by atoms with Crippen molar-refractivity contribution in [1.29, 1.82) is 0 Å². The van der Waals surface area contributed by atoms with Gasteiger partial charge in [0.2, 0.25) is 5.91 Å². The second-order valence-corrected chi connectivity index (χ2v) is 3.72. The highest BCUT2D eigenvalue weighted by molar-refractivity contribution is 6.01. The van der Waals surface area contributed by atoms with Crippen LogP contribution < -0.4 is 10.6 Å². The van der Waals surface area contributed by atoms with Crippen LogP contribution in [0.2, 0.25) is 0 Å². The number of carboxylic acid groups (broad SMARTS) is 1. The molecule has 6 heteroatoms. The maximum atomic E-state index is 12.9. The van der Waals surface area contributed by atoms with E-state index >= 15 is 0 Å². The van der Waals surface area contributed by atoms with Gasteiger partial charge in [-0.3, -0.25) is 4.79 Å². The molecule has 1 aromatic rings. The first kappa shape index (κ1) is 14.1. The molecule has 0 aliphatic carbocycles. The Balaban J connectivity index is 2.72. The molecule has 0 saturated carbocycles. The molecule has 0 radical (unpaired) electrons. The van der Waals surface area contributed by atoms with Gasteiger partial charge < -0.3 is 15.7 Å². The van der Waals surface area contributed by atoms with Crippen LogP contribution in [-0.2, 0) is 4.79 Å². The molecule has 98 valence electrons. The molecule has 3 N–H and O–H groups in total. The van der Waals surface area contributed by atoms with Crippen molar-refractivity contribution in [3.8, 4) is 0 Å². The average molecular weight is 254 g/mol. The number of amides is 1. The Morgan fingerprint density at radius 3 is 2.72 bits per heavy atom. The number of aromatic carboxylic acids is 1.